The highest BCUT2D eigenvalue weighted by Gasteiger charge is 2.33. The van der Waals surface area contributed by atoms with Crippen LogP contribution in [0.4, 0.5) is 0 Å². The minimum Gasteiger partial charge on any atom is -0.493 e. The molecule has 1 aromatic heterocycles. The number of aromatic nitrogens is 1. The third-order valence-corrected chi connectivity index (χ3v) is 5.51. The number of carbonyl (C=O) groups is 1. The number of rotatable bonds is 6. The molecule has 0 fully saturated rings. The number of carboxylic acid groups (broad SMARTS) is 1. The molecule has 0 saturated carbocycles. The van der Waals surface area contributed by atoms with Crippen LogP contribution in [0.2, 0.25) is 5.02 Å². The molecule has 0 aliphatic carbocycles. The zero-order chi connectivity index (χ0) is 21.3. The second-order valence-electron chi connectivity index (χ2n) is 7.03. The van der Waals surface area contributed by atoms with Gasteiger partial charge < -0.3 is 23.9 Å². The number of fused-ring (bicyclic) bond motifs is 3. The van der Waals surface area contributed by atoms with Crippen molar-refractivity contribution in [2.24, 2.45) is 0 Å². The first-order chi connectivity index (χ1) is 14.5. The van der Waals surface area contributed by atoms with Gasteiger partial charge in [0, 0.05) is 28.8 Å². The molecule has 6 nitrogen and oxygen atoms in total. The summed E-state index contributed by atoms with van der Waals surface area (Å²) in [6.45, 7) is 0. The van der Waals surface area contributed by atoms with Crippen LogP contribution in [0.5, 0.6) is 11.5 Å². The minimum atomic E-state index is -0.864. The summed E-state index contributed by atoms with van der Waals surface area (Å²) in [7, 11) is 3.17. The first-order valence-electron chi connectivity index (χ1n) is 9.58. The smallest absolute Gasteiger partial charge is 0.303 e. The maximum Gasteiger partial charge on any atom is 0.303 e. The fourth-order valence-corrected chi connectivity index (χ4v) is 4.15. The molecule has 3 aromatic rings. The lowest BCUT2D eigenvalue weighted by Gasteiger charge is -2.25. The fraction of sp³-hybridized carbons (Fsp3) is 0.261. The van der Waals surface area contributed by atoms with Crippen molar-refractivity contribution in [3.8, 4) is 17.2 Å². The van der Waals surface area contributed by atoms with Crippen molar-refractivity contribution in [2.45, 2.75) is 25.0 Å². The van der Waals surface area contributed by atoms with Crippen LogP contribution in [0, 0.1) is 0 Å². The van der Waals surface area contributed by atoms with Crippen molar-refractivity contribution in [1.82, 2.24) is 4.57 Å². The predicted octanol–water partition coefficient (Wildman–Crippen LogP) is 5.17. The molecule has 0 saturated heterocycles. The number of hydrogen-bond donors (Lipinski definition) is 1. The van der Waals surface area contributed by atoms with Crippen LogP contribution in [-0.2, 0) is 9.53 Å². The van der Waals surface area contributed by atoms with E-state index in [4.69, 9.17) is 25.8 Å². The Hall–Kier alpha value is -2.96. The Labute approximate surface area is 179 Å². The standard InChI is InChI=1S/C23H22ClNO5/c1-28-20-7-3-5-15(23(20)29-2)22-16-13-14(24)8-9-17(16)25-12-4-6-18(25)19(30-22)10-11-21(26)27/h3-9,12-13,19,22H,10-11H2,1-2H3,(H,26,27)/t19-,22+/m0/s1. The summed E-state index contributed by atoms with van der Waals surface area (Å²) in [5, 5.41) is 9.83. The lowest BCUT2D eigenvalue weighted by Crippen LogP contribution is -2.13. The highest BCUT2D eigenvalue weighted by Crippen LogP contribution is 2.46. The van der Waals surface area contributed by atoms with E-state index < -0.39 is 18.2 Å². The summed E-state index contributed by atoms with van der Waals surface area (Å²) < 4.78 is 19.7. The quantitative estimate of drug-likeness (QED) is 0.587. The van der Waals surface area contributed by atoms with Crippen LogP contribution in [0.25, 0.3) is 5.69 Å². The SMILES string of the molecule is COc1cccc([C@H]2O[C@@H](CCC(=O)O)c3cccn3-c3ccc(Cl)cc32)c1OC. The van der Waals surface area contributed by atoms with Gasteiger partial charge in [0.2, 0.25) is 0 Å². The van der Waals surface area contributed by atoms with E-state index in [0.29, 0.717) is 22.9 Å². The molecule has 7 heteroatoms. The van der Waals surface area contributed by atoms with Crippen molar-refractivity contribution < 1.29 is 24.1 Å². The molecular weight excluding hydrogens is 406 g/mol. The van der Waals surface area contributed by atoms with Crippen molar-refractivity contribution >= 4 is 17.6 Å². The van der Waals surface area contributed by atoms with Gasteiger partial charge in [0.25, 0.3) is 0 Å². The van der Waals surface area contributed by atoms with E-state index >= 15 is 0 Å². The van der Waals surface area contributed by atoms with Crippen LogP contribution in [-0.4, -0.2) is 29.9 Å². The van der Waals surface area contributed by atoms with E-state index in [1.165, 1.54) is 0 Å². The largest absolute Gasteiger partial charge is 0.493 e. The lowest BCUT2D eigenvalue weighted by molar-refractivity contribution is -0.138. The van der Waals surface area contributed by atoms with Gasteiger partial charge >= 0.3 is 5.97 Å². The first-order valence-corrected chi connectivity index (χ1v) is 9.96. The molecule has 0 amide bonds. The molecule has 1 aliphatic rings. The first kappa shape index (κ1) is 20.3. The van der Waals surface area contributed by atoms with Gasteiger partial charge in [0.1, 0.15) is 6.10 Å². The zero-order valence-electron chi connectivity index (χ0n) is 16.7. The molecule has 2 heterocycles. The lowest BCUT2D eigenvalue weighted by atomic mass is 9.98. The highest BCUT2D eigenvalue weighted by atomic mass is 35.5. The monoisotopic (exact) mass is 427 g/mol. The Bertz CT molecular complexity index is 1080. The number of carboxylic acids is 1. The molecule has 1 N–H and O–H groups in total. The summed E-state index contributed by atoms with van der Waals surface area (Å²) >= 11 is 6.36. The molecular formula is C23H22ClNO5. The summed E-state index contributed by atoms with van der Waals surface area (Å²) in [5.41, 5.74) is 3.46. The van der Waals surface area contributed by atoms with E-state index in [9.17, 15) is 9.90 Å². The number of methoxy groups -OCH3 is 2. The molecule has 156 valence electrons. The highest BCUT2D eigenvalue weighted by molar-refractivity contribution is 6.30. The third kappa shape index (κ3) is 3.64. The van der Waals surface area contributed by atoms with Gasteiger partial charge in [0.15, 0.2) is 11.5 Å². The summed E-state index contributed by atoms with van der Waals surface area (Å²) in [6.07, 6.45) is 1.33. The molecule has 0 spiro atoms. The number of aliphatic carboxylic acids is 1. The Balaban J connectivity index is 1.91. The summed E-state index contributed by atoms with van der Waals surface area (Å²) in [4.78, 5) is 11.3. The van der Waals surface area contributed by atoms with Gasteiger partial charge in [-0.2, -0.15) is 0 Å². The van der Waals surface area contributed by atoms with Crippen LogP contribution in [0.1, 0.15) is 41.9 Å². The summed E-state index contributed by atoms with van der Waals surface area (Å²) in [5.74, 6) is 0.296. The molecule has 0 unspecified atom stereocenters. The normalized spacial score (nSPS) is 17.6. The molecule has 0 bridgehead atoms. The summed E-state index contributed by atoms with van der Waals surface area (Å²) in [6, 6.07) is 15.2. The molecule has 2 aromatic carbocycles. The van der Waals surface area contributed by atoms with Crippen molar-refractivity contribution in [3.63, 3.8) is 0 Å². The van der Waals surface area contributed by atoms with E-state index in [2.05, 4.69) is 0 Å². The Morgan fingerprint density at radius 2 is 1.97 bits per heavy atom. The van der Waals surface area contributed by atoms with E-state index in [1.54, 1.807) is 14.2 Å². The maximum absolute atomic E-state index is 11.3. The van der Waals surface area contributed by atoms with E-state index in [0.717, 1.165) is 22.5 Å². The number of halogens is 1. The van der Waals surface area contributed by atoms with Crippen LogP contribution in [0.3, 0.4) is 0 Å². The van der Waals surface area contributed by atoms with Crippen molar-refractivity contribution in [1.29, 1.82) is 0 Å². The molecule has 2 atom stereocenters. The number of benzene rings is 2. The van der Waals surface area contributed by atoms with Gasteiger partial charge in [-0.05, 0) is 42.8 Å². The number of nitrogens with zero attached hydrogens (tertiary/aromatic N) is 1. The van der Waals surface area contributed by atoms with E-state index in [-0.39, 0.29) is 6.42 Å². The zero-order valence-corrected chi connectivity index (χ0v) is 17.4. The third-order valence-electron chi connectivity index (χ3n) is 5.28. The Morgan fingerprint density at radius 1 is 1.13 bits per heavy atom. The van der Waals surface area contributed by atoms with Crippen LogP contribution < -0.4 is 9.47 Å². The Morgan fingerprint density at radius 3 is 2.70 bits per heavy atom. The van der Waals surface area contributed by atoms with Gasteiger partial charge in [-0.3, -0.25) is 4.79 Å². The average molecular weight is 428 g/mol. The number of para-hydroxylation sites is 1. The minimum absolute atomic E-state index is 0.00505. The predicted molar refractivity (Wildman–Crippen MR) is 113 cm³/mol. The molecule has 1 aliphatic heterocycles. The van der Waals surface area contributed by atoms with Crippen LogP contribution in [0.15, 0.2) is 54.7 Å². The number of hydrogen-bond acceptors (Lipinski definition) is 4. The fourth-order valence-electron chi connectivity index (χ4n) is 3.97. The van der Waals surface area contributed by atoms with Crippen molar-refractivity contribution in [3.05, 3.63) is 76.6 Å². The van der Waals surface area contributed by atoms with E-state index in [1.807, 2.05) is 59.3 Å². The van der Waals surface area contributed by atoms with Crippen LogP contribution >= 0.6 is 11.6 Å². The Kier molecular flexibility index (Phi) is 5.70. The van der Waals surface area contributed by atoms with Gasteiger partial charge in [-0.15, -0.1) is 0 Å². The molecule has 4 rings (SSSR count). The maximum atomic E-state index is 11.3. The average Bonchev–Trinajstić information content (AvgIpc) is 3.18. The van der Waals surface area contributed by atoms with Gasteiger partial charge in [-0.1, -0.05) is 23.7 Å². The second-order valence-corrected chi connectivity index (χ2v) is 7.46. The van der Waals surface area contributed by atoms with Gasteiger partial charge in [-0.25, -0.2) is 0 Å². The second kappa shape index (κ2) is 8.42. The van der Waals surface area contributed by atoms with Crippen molar-refractivity contribution in [2.75, 3.05) is 14.2 Å². The molecule has 30 heavy (non-hydrogen) atoms. The molecule has 0 radical (unpaired) electrons. The number of ether oxygens (including phenoxy) is 3. The topological polar surface area (TPSA) is 69.9 Å². The van der Waals surface area contributed by atoms with Gasteiger partial charge in [0.05, 0.1) is 31.7 Å².